The molecule has 0 fully saturated rings. The first-order valence-corrected chi connectivity index (χ1v) is 10.5. The zero-order valence-electron chi connectivity index (χ0n) is 18.2. The molecule has 0 spiro atoms. The van der Waals surface area contributed by atoms with Crippen molar-refractivity contribution in [3.8, 4) is 5.75 Å². The Morgan fingerprint density at radius 3 is 2.39 bits per heavy atom. The Labute approximate surface area is 182 Å². The number of fused-ring (bicyclic) bond motifs is 1. The predicted octanol–water partition coefficient (Wildman–Crippen LogP) is 4.71. The molecule has 0 atom stereocenters. The zero-order chi connectivity index (χ0) is 21.8. The van der Waals surface area contributed by atoms with Gasteiger partial charge in [0.25, 0.3) is 5.91 Å². The molecular formula is C26H27N3O2. The smallest absolute Gasteiger partial charge is 0.258 e. The Balaban J connectivity index is 1.53. The zero-order valence-corrected chi connectivity index (χ0v) is 18.2. The van der Waals surface area contributed by atoms with E-state index in [1.165, 1.54) is 22.3 Å². The Morgan fingerprint density at radius 2 is 1.65 bits per heavy atom. The summed E-state index contributed by atoms with van der Waals surface area (Å²) in [5, 5.41) is 2.95. The monoisotopic (exact) mass is 413 g/mol. The lowest BCUT2D eigenvalue weighted by Crippen LogP contribution is -2.29. The van der Waals surface area contributed by atoms with Gasteiger partial charge in [-0.15, -0.1) is 0 Å². The maximum Gasteiger partial charge on any atom is 0.258 e. The molecule has 4 rings (SSSR count). The average molecular weight is 414 g/mol. The molecule has 0 aliphatic rings. The highest BCUT2D eigenvalue weighted by Crippen LogP contribution is 2.22. The molecule has 31 heavy (non-hydrogen) atoms. The van der Waals surface area contributed by atoms with E-state index >= 15 is 0 Å². The van der Waals surface area contributed by atoms with Gasteiger partial charge in [0.15, 0.2) is 6.61 Å². The third kappa shape index (κ3) is 4.77. The lowest BCUT2D eigenvalue weighted by molar-refractivity contribution is -0.123. The molecule has 1 heterocycles. The van der Waals surface area contributed by atoms with Gasteiger partial charge in [0, 0.05) is 6.54 Å². The number of aryl methyl sites for hydroxylation is 3. The van der Waals surface area contributed by atoms with Crippen molar-refractivity contribution in [2.45, 2.75) is 33.9 Å². The van der Waals surface area contributed by atoms with E-state index in [9.17, 15) is 4.79 Å². The first-order chi connectivity index (χ1) is 15.0. The maximum absolute atomic E-state index is 12.3. The number of imidazole rings is 1. The fourth-order valence-electron chi connectivity index (χ4n) is 3.95. The molecule has 0 unspecified atom stereocenters. The minimum absolute atomic E-state index is 0.0274. The van der Waals surface area contributed by atoms with Crippen LogP contribution in [0.1, 0.15) is 28.1 Å². The molecule has 0 saturated heterocycles. The molecule has 1 N–H and O–H groups in total. The molecule has 158 valence electrons. The normalized spacial score (nSPS) is 10.9. The summed E-state index contributed by atoms with van der Waals surface area (Å²) in [4.78, 5) is 17.1. The van der Waals surface area contributed by atoms with Crippen LogP contribution in [0.5, 0.6) is 5.75 Å². The van der Waals surface area contributed by atoms with Crippen LogP contribution in [0.2, 0.25) is 0 Å². The fraction of sp³-hybridized carbons (Fsp3) is 0.231. The molecular weight excluding hydrogens is 386 g/mol. The average Bonchev–Trinajstić information content (AvgIpc) is 3.11. The number of ether oxygens (including phenoxy) is 1. The maximum atomic E-state index is 12.3. The molecule has 5 heteroatoms. The number of carbonyl (C=O) groups excluding carboxylic acids is 1. The predicted molar refractivity (Wildman–Crippen MR) is 123 cm³/mol. The van der Waals surface area contributed by atoms with E-state index in [-0.39, 0.29) is 12.5 Å². The van der Waals surface area contributed by atoms with E-state index < -0.39 is 0 Å². The van der Waals surface area contributed by atoms with Gasteiger partial charge in [0.05, 0.1) is 17.6 Å². The van der Waals surface area contributed by atoms with Crippen LogP contribution in [0.25, 0.3) is 11.0 Å². The standard InChI is InChI=1S/C26H27N3O2/c1-18-13-19(2)22(20(3)14-18)16-29-24-12-8-7-11-23(24)28-25(29)15-27-26(30)17-31-21-9-5-4-6-10-21/h4-14H,15-17H2,1-3H3,(H,27,30). The van der Waals surface area contributed by atoms with Crippen LogP contribution in [-0.2, 0) is 17.9 Å². The van der Waals surface area contributed by atoms with Crippen LogP contribution in [0.3, 0.4) is 0 Å². The molecule has 0 radical (unpaired) electrons. The second-order valence-corrected chi connectivity index (χ2v) is 7.86. The number of benzene rings is 3. The van der Waals surface area contributed by atoms with Gasteiger partial charge in [-0.3, -0.25) is 4.79 Å². The van der Waals surface area contributed by atoms with Crippen molar-refractivity contribution in [1.82, 2.24) is 14.9 Å². The van der Waals surface area contributed by atoms with Gasteiger partial charge in [0.1, 0.15) is 11.6 Å². The Morgan fingerprint density at radius 1 is 0.968 bits per heavy atom. The van der Waals surface area contributed by atoms with Gasteiger partial charge < -0.3 is 14.6 Å². The molecule has 5 nitrogen and oxygen atoms in total. The van der Waals surface area contributed by atoms with Crippen molar-refractivity contribution in [3.63, 3.8) is 0 Å². The van der Waals surface area contributed by atoms with Gasteiger partial charge in [-0.25, -0.2) is 4.98 Å². The highest BCUT2D eigenvalue weighted by molar-refractivity contribution is 5.78. The molecule has 3 aromatic carbocycles. The molecule has 0 aliphatic heterocycles. The van der Waals surface area contributed by atoms with Gasteiger partial charge in [-0.2, -0.15) is 0 Å². The summed E-state index contributed by atoms with van der Waals surface area (Å²) in [6.07, 6.45) is 0. The summed E-state index contributed by atoms with van der Waals surface area (Å²) in [7, 11) is 0. The molecule has 0 bridgehead atoms. The van der Waals surface area contributed by atoms with Gasteiger partial charge >= 0.3 is 0 Å². The van der Waals surface area contributed by atoms with Crippen LogP contribution in [0.15, 0.2) is 66.7 Å². The summed E-state index contributed by atoms with van der Waals surface area (Å²) >= 11 is 0. The van der Waals surface area contributed by atoms with E-state index in [0.717, 1.165) is 16.9 Å². The second-order valence-electron chi connectivity index (χ2n) is 7.86. The highest BCUT2D eigenvalue weighted by atomic mass is 16.5. The SMILES string of the molecule is Cc1cc(C)c(Cn2c(CNC(=O)COc3ccccc3)nc3ccccc32)c(C)c1. The van der Waals surface area contributed by atoms with Crippen molar-refractivity contribution < 1.29 is 9.53 Å². The van der Waals surface area contributed by atoms with Gasteiger partial charge in [0.2, 0.25) is 0 Å². The summed E-state index contributed by atoms with van der Waals surface area (Å²) in [5.41, 5.74) is 7.07. The first kappa shape index (κ1) is 20.7. The summed E-state index contributed by atoms with van der Waals surface area (Å²) in [5.74, 6) is 1.33. The summed E-state index contributed by atoms with van der Waals surface area (Å²) < 4.78 is 7.74. The Kier molecular flexibility index (Phi) is 6.03. The number of hydrogen-bond donors (Lipinski definition) is 1. The van der Waals surface area contributed by atoms with Crippen LogP contribution in [-0.4, -0.2) is 22.1 Å². The second kappa shape index (κ2) is 9.04. The molecule has 0 saturated carbocycles. The molecule has 4 aromatic rings. The number of rotatable bonds is 7. The highest BCUT2D eigenvalue weighted by Gasteiger charge is 2.14. The minimum Gasteiger partial charge on any atom is -0.484 e. The van der Waals surface area contributed by atoms with Crippen molar-refractivity contribution >= 4 is 16.9 Å². The molecule has 1 amide bonds. The van der Waals surface area contributed by atoms with E-state index in [1.54, 1.807) is 0 Å². The van der Waals surface area contributed by atoms with Crippen LogP contribution < -0.4 is 10.1 Å². The van der Waals surface area contributed by atoms with E-state index in [1.807, 2.05) is 48.5 Å². The number of aromatic nitrogens is 2. The third-order valence-electron chi connectivity index (χ3n) is 5.45. The van der Waals surface area contributed by atoms with E-state index in [4.69, 9.17) is 9.72 Å². The van der Waals surface area contributed by atoms with E-state index in [2.05, 4.69) is 48.9 Å². The van der Waals surface area contributed by atoms with Crippen molar-refractivity contribution in [3.05, 3.63) is 94.8 Å². The van der Waals surface area contributed by atoms with E-state index in [0.29, 0.717) is 18.8 Å². The lowest BCUT2D eigenvalue weighted by atomic mass is 9.99. The fourth-order valence-corrected chi connectivity index (χ4v) is 3.95. The minimum atomic E-state index is -0.176. The van der Waals surface area contributed by atoms with Crippen molar-refractivity contribution in [2.75, 3.05) is 6.61 Å². The number of nitrogens with zero attached hydrogens (tertiary/aromatic N) is 2. The first-order valence-electron chi connectivity index (χ1n) is 10.5. The van der Waals surface area contributed by atoms with Gasteiger partial charge in [-0.05, 0) is 61.7 Å². The van der Waals surface area contributed by atoms with Crippen molar-refractivity contribution in [1.29, 1.82) is 0 Å². The number of hydrogen-bond acceptors (Lipinski definition) is 3. The third-order valence-corrected chi connectivity index (χ3v) is 5.45. The topological polar surface area (TPSA) is 56.2 Å². The number of nitrogens with one attached hydrogen (secondary N) is 1. The summed E-state index contributed by atoms with van der Waals surface area (Å²) in [6, 6.07) is 21.8. The molecule has 0 aliphatic carbocycles. The molecule has 1 aromatic heterocycles. The van der Waals surface area contributed by atoms with Crippen LogP contribution in [0.4, 0.5) is 0 Å². The van der Waals surface area contributed by atoms with Gasteiger partial charge in [-0.1, -0.05) is 48.0 Å². The van der Waals surface area contributed by atoms with Crippen molar-refractivity contribution in [2.24, 2.45) is 0 Å². The Hall–Kier alpha value is -3.60. The largest absolute Gasteiger partial charge is 0.484 e. The number of carbonyl (C=O) groups is 1. The number of para-hydroxylation sites is 3. The lowest BCUT2D eigenvalue weighted by Gasteiger charge is -2.15. The Bertz CT molecular complexity index is 1190. The quantitative estimate of drug-likeness (QED) is 0.478. The van der Waals surface area contributed by atoms with Crippen LogP contribution >= 0.6 is 0 Å². The van der Waals surface area contributed by atoms with Crippen LogP contribution in [0, 0.1) is 20.8 Å². The summed E-state index contributed by atoms with van der Waals surface area (Å²) in [6.45, 7) is 7.45. The number of amides is 1.